The van der Waals surface area contributed by atoms with Gasteiger partial charge in [-0.2, -0.15) is 9.89 Å². The van der Waals surface area contributed by atoms with Crippen LogP contribution in [-0.4, -0.2) is 34.4 Å². The van der Waals surface area contributed by atoms with E-state index in [9.17, 15) is 14.4 Å². The zero-order valence-corrected chi connectivity index (χ0v) is 11.6. The molecule has 1 aliphatic rings. The Bertz CT molecular complexity index is 508. The van der Waals surface area contributed by atoms with Gasteiger partial charge in [-0.3, -0.25) is 4.79 Å². The van der Waals surface area contributed by atoms with E-state index in [1.54, 1.807) is 34.6 Å². The highest BCUT2D eigenvalue weighted by molar-refractivity contribution is 6.31. The summed E-state index contributed by atoms with van der Waals surface area (Å²) in [6.07, 6.45) is 0. The summed E-state index contributed by atoms with van der Waals surface area (Å²) >= 11 is 0. The van der Waals surface area contributed by atoms with Crippen molar-refractivity contribution in [2.45, 2.75) is 40.2 Å². The number of nitrogens with two attached hydrogens (primary N) is 1. The molecule has 0 saturated carbocycles. The second-order valence-electron chi connectivity index (χ2n) is 5.27. The normalized spacial score (nSPS) is 16.4. The number of amides is 5. The number of carbonyl (C=O) groups is 3. The number of hydrogen-bond acceptors (Lipinski definition) is 4. The summed E-state index contributed by atoms with van der Waals surface area (Å²) in [6, 6.07) is -2.20. The van der Waals surface area contributed by atoms with E-state index in [0.29, 0.717) is 5.57 Å². The molecule has 1 heterocycles. The first-order valence-electron chi connectivity index (χ1n) is 5.68. The first-order valence-corrected chi connectivity index (χ1v) is 5.68. The number of ether oxygens (including phenoxy) is 1. The standard InChI is InChI=1S/C12H17N3O4/c1-6(2)7-8(19-12(3,4)5)14-11(18)15(9(7)16)10(13)17/h1-5H3,(H2,13,17). The number of aliphatic imine (C=N–C) groups is 1. The number of nitrogens with zero attached hydrogens (tertiary/aromatic N) is 2. The fourth-order valence-electron chi connectivity index (χ4n) is 1.47. The number of allylic oxidation sites excluding steroid dienone is 1. The molecule has 7 nitrogen and oxygen atoms in total. The van der Waals surface area contributed by atoms with E-state index in [4.69, 9.17) is 10.5 Å². The van der Waals surface area contributed by atoms with Crippen LogP contribution in [-0.2, 0) is 9.53 Å². The lowest BCUT2D eigenvalue weighted by molar-refractivity contribution is -0.121. The third kappa shape index (κ3) is 3.18. The molecule has 0 aliphatic carbocycles. The highest BCUT2D eigenvalue weighted by atomic mass is 16.5. The van der Waals surface area contributed by atoms with Gasteiger partial charge in [0.1, 0.15) is 11.2 Å². The Kier molecular flexibility index (Phi) is 3.78. The van der Waals surface area contributed by atoms with Crippen LogP contribution in [0, 0.1) is 0 Å². The zero-order valence-electron chi connectivity index (χ0n) is 11.6. The minimum absolute atomic E-state index is 0.0772. The van der Waals surface area contributed by atoms with Gasteiger partial charge in [0.2, 0.25) is 5.90 Å². The maximum atomic E-state index is 12.1. The van der Waals surface area contributed by atoms with Gasteiger partial charge in [0.15, 0.2) is 0 Å². The van der Waals surface area contributed by atoms with E-state index >= 15 is 0 Å². The smallest absolute Gasteiger partial charge is 0.362 e. The molecule has 0 radical (unpaired) electrons. The zero-order chi connectivity index (χ0) is 15.0. The third-order valence-corrected chi connectivity index (χ3v) is 2.14. The fourth-order valence-corrected chi connectivity index (χ4v) is 1.47. The van der Waals surface area contributed by atoms with Crippen LogP contribution in [0.5, 0.6) is 0 Å². The van der Waals surface area contributed by atoms with Gasteiger partial charge in [-0.1, -0.05) is 5.57 Å². The summed E-state index contributed by atoms with van der Waals surface area (Å²) in [5.74, 6) is -0.897. The van der Waals surface area contributed by atoms with Gasteiger partial charge in [0.25, 0.3) is 5.91 Å². The maximum Gasteiger partial charge on any atom is 0.362 e. The SMILES string of the molecule is CC(C)=C1C(=O)N(C(N)=O)C(=O)N=C1OC(C)(C)C. The van der Waals surface area contributed by atoms with Crippen molar-refractivity contribution in [3.05, 3.63) is 11.1 Å². The van der Waals surface area contributed by atoms with Crippen molar-refractivity contribution in [1.82, 2.24) is 4.90 Å². The second-order valence-corrected chi connectivity index (χ2v) is 5.27. The van der Waals surface area contributed by atoms with Crippen LogP contribution in [0.1, 0.15) is 34.6 Å². The minimum Gasteiger partial charge on any atom is -0.471 e. The first kappa shape index (κ1) is 14.9. The van der Waals surface area contributed by atoms with Crippen molar-refractivity contribution in [3.63, 3.8) is 0 Å². The Morgan fingerprint density at radius 1 is 1.26 bits per heavy atom. The molecule has 2 N–H and O–H groups in total. The first-order chi connectivity index (χ1) is 8.54. The van der Waals surface area contributed by atoms with E-state index in [-0.39, 0.29) is 16.4 Å². The molecule has 104 valence electrons. The van der Waals surface area contributed by atoms with Crippen LogP contribution in [0.4, 0.5) is 9.59 Å². The van der Waals surface area contributed by atoms with Crippen LogP contribution in [0.2, 0.25) is 0 Å². The number of hydrogen-bond donors (Lipinski definition) is 1. The van der Waals surface area contributed by atoms with Crippen molar-refractivity contribution >= 4 is 23.9 Å². The second kappa shape index (κ2) is 4.83. The van der Waals surface area contributed by atoms with Crippen LogP contribution in [0.25, 0.3) is 0 Å². The average Bonchev–Trinajstić information content (AvgIpc) is 2.11. The molecule has 1 rings (SSSR count). The Hall–Kier alpha value is -2.18. The molecule has 0 spiro atoms. The van der Waals surface area contributed by atoms with Gasteiger partial charge < -0.3 is 10.5 Å². The van der Waals surface area contributed by atoms with E-state index in [1.807, 2.05) is 0 Å². The van der Waals surface area contributed by atoms with Crippen molar-refractivity contribution in [3.8, 4) is 0 Å². The summed E-state index contributed by atoms with van der Waals surface area (Å²) in [7, 11) is 0. The molecule has 0 fully saturated rings. The Labute approximate surface area is 111 Å². The summed E-state index contributed by atoms with van der Waals surface area (Å²) in [4.78, 5) is 38.7. The number of imide groups is 3. The molecule has 1 aliphatic heterocycles. The number of primary amides is 1. The number of rotatable bonds is 0. The Balaban J connectivity index is 3.35. The Morgan fingerprint density at radius 3 is 2.16 bits per heavy atom. The Morgan fingerprint density at radius 2 is 1.79 bits per heavy atom. The van der Waals surface area contributed by atoms with Crippen LogP contribution in [0.3, 0.4) is 0 Å². The molecule has 7 heteroatoms. The summed E-state index contributed by atoms with van der Waals surface area (Å²) in [5.41, 5.74) is 5.02. The van der Waals surface area contributed by atoms with Gasteiger partial charge >= 0.3 is 12.1 Å². The lowest BCUT2D eigenvalue weighted by Crippen LogP contribution is -2.49. The third-order valence-electron chi connectivity index (χ3n) is 2.14. The molecular formula is C12H17N3O4. The average molecular weight is 267 g/mol. The maximum absolute atomic E-state index is 12.1. The van der Waals surface area contributed by atoms with E-state index < -0.39 is 23.6 Å². The lowest BCUT2D eigenvalue weighted by Gasteiger charge is -2.28. The quantitative estimate of drug-likeness (QED) is 0.673. The van der Waals surface area contributed by atoms with E-state index in [1.165, 1.54) is 0 Å². The molecule has 19 heavy (non-hydrogen) atoms. The summed E-state index contributed by atoms with van der Waals surface area (Å²) < 4.78 is 5.49. The van der Waals surface area contributed by atoms with Crippen molar-refractivity contribution in [2.24, 2.45) is 10.7 Å². The van der Waals surface area contributed by atoms with Gasteiger partial charge in [-0.15, -0.1) is 0 Å². The highest BCUT2D eigenvalue weighted by Crippen LogP contribution is 2.21. The molecule has 0 aromatic heterocycles. The summed E-state index contributed by atoms with van der Waals surface area (Å²) in [5, 5.41) is 0. The molecule has 0 aromatic carbocycles. The van der Waals surface area contributed by atoms with Gasteiger partial charge in [0, 0.05) is 0 Å². The van der Waals surface area contributed by atoms with Gasteiger partial charge in [-0.25, -0.2) is 9.59 Å². The highest BCUT2D eigenvalue weighted by Gasteiger charge is 2.39. The van der Waals surface area contributed by atoms with Crippen LogP contribution in [0.15, 0.2) is 16.1 Å². The molecule has 0 saturated heterocycles. The molecule has 0 bridgehead atoms. The van der Waals surface area contributed by atoms with Crippen LogP contribution < -0.4 is 5.73 Å². The number of carbonyl (C=O) groups excluding carboxylic acids is 3. The van der Waals surface area contributed by atoms with Crippen LogP contribution >= 0.6 is 0 Å². The predicted molar refractivity (Wildman–Crippen MR) is 68.5 cm³/mol. The minimum atomic E-state index is -1.16. The van der Waals surface area contributed by atoms with Crippen molar-refractivity contribution < 1.29 is 19.1 Å². The topological polar surface area (TPSA) is 102 Å². The molecule has 0 atom stereocenters. The molecule has 0 unspecified atom stereocenters. The largest absolute Gasteiger partial charge is 0.471 e. The molecule has 5 amide bonds. The van der Waals surface area contributed by atoms with Crippen molar-refractivity contribution in [1.29, 1.82) is 0 Å². The predicted octanol–water partition coefficient (Wildman–Crippen LogP) is 1.58. The molecular weight excluding hydrogens is 250 g/mol. The summed E-state index contributed by atoms with van der Waals surface area (Å²) in [6.45, 7) is 8.59. The fraction of sp³-hybridized carbons (Fsp3) is 0.500. The van der Waals surface area contributed by atoms with E-state index in [0.717, 1.165) is 0 Å². The van der Waals surface area contributed by atoms with Crippen molar-refractivity contribution in [2.75, 3.05) is 0 Å². The molecule has 0 aromatic rings. The lowest BCUT2D eigenvalue weighted by atomic mass is 10.1. The number of urea groups is 2. The monoisotopic (exact) mass is 267 g/mol. The van der Waals surface area contributed by atoms with E-state index in [2.05, 4.69) is 4.99 Å². The van der Waals surface area contributed by atoms with Gasteiger partial charge in [0.05, 0.1) is 0 Å². The van der Waals surface area contributed by atoms with Gasteiger partial charge in [-0.05, 0) is 34.6 Å².